The molecule has 0 spiro atoms. The fourth-order valence-electron chi connectivity index (χ4n) is 3.52. The maximum absolute atomic E-state index is 12.7. The molecule has 10 heteroatoms. The van der Waals surface area contributed by atoms with E-state index in [-0.39, 0.29) is 5.57 Å². The second-order valence-corrected chi connectivity index (χ2v) is 8.29. The van der Waals surface area contributed by atoms with Crippen LogP contribution in [0.25, 0.3) is 6.08 Å². The molecule has 1 saturated heterocycles. The first-order valence-electron chi connectivity index (χ1n) is 10.6. The molecule has 0 bridgehead atoms. The number of nitrogens with one attached hydrogen (secondary N) is 1. The largest absolute Gasteiger partial charge is 0.493 e. The van der Waals surface area contributed by atoms with Gasteiger partial charge in [0.2, 0.25) is 10.3 Å². The summed E-state index contributed by atoms with van der Waals surface area (Å²) in [5.41, 5.74) is 0.707. The van der Waals surface area contributed by atoms with Crippen LogP contribution in [-0.2, 0) is 11.3 Å². The van der Waals surface area contributed by atoms with Gasteiger partial charge in [0, 0.05) is 25.0 Å². The number of carbonyl (C=O) groups is 1. The molecule has 1 aliphatic rings. The number of methoxy groups -OCH3 is 1. The molecule has 1 fully saturated rings. The summed E-state index contributed by atoms with van der Waals surface area (Å²) in [7, 11) is 1.60. The lowest BCUT2D eigenvalue weighted by Gasteiger charge is -2.12. The number of hydrogen-bond acceptors (Lipinski definition) is 8. The van der Waals surface area contributed by atoms with Crippen molar-refractivity contribution < 1.29 is 14.3 Å². The minimum absolute atomic E-state index is 0.0153. The quantitative estimate of drug-likeness (QED) is 0.381. The van der Waals surface area contributed by atoms with Crippen molar-refractivity contribution in [3.8, 4) is 17.6 Å². The Hall–Kier alpha value is -3.84. The lowest BCUT2D eigenvalue weighted by Crippen LogP contribution is -2.17. The molecule has 1 aromatic carbocycles. The first-order chi connectivity index (χ1) is 16.2. The van der Waals surface area contributed by atoms with Gasteiger partial charge in [-0.3, -0.25) is 10.1 Å². The van der Waals surface area contributed by atoms with Crippen LogP contribution in [0.5, 0.6) is 11.5 Å². The third kappa shape index (κ3) is 5.51. The number of nitrogens with zero attached hydrogens (tertiary/aromatic N) is 5. The predicted molar refractivity (Wildman–Crippen MR) is 126 cm³/mol. The fraction of sp³-hybridized carbons (Fsp3) is 0.304. The number of carbonyl (C=O) groups excluding carboxylic acids is 1. The number of nitriles is 1. The van der Waals surface area contributed by atoms with E-state index in [1.807, 2.05) is 53.2 Å². The zero-order valence-corrected chi connectivity index (χ0v) is 19.0. The Balaban J connectivity index is 1.38. The van der Waals surface area contributed by atoms with Crippen LogP contribution in [-0.4, -0.2) is 47.5 Å². The third-order valence-corrected chi connectivity index (χ3v) is 6.09. The lowest BCUT2D eigenvalue weighted by molar-refractivity contribution is -0.112. The molecule has 170 valence electrons. The molecule has 0 saturated carbocycles. The van der Waals surface area contributed by atoms with Crippen molar-refractivity contribution in [2.75, 3.05) is 37.0 Å². The van der Waals surface area contributed by atoms with Gasteiger partial charge in [-0.05, 0) is 43.2 Å². The van der Waals surface area contributed by atoms with E-state index >= 15 is 0 Å². The topological polar surface area (TPSA) is 105 Å². The molecular formula is C23H24N6O3S. The highest BCUT2D eigenvalue weighted by molar-refractivity contribution is 7.19. The highest BCUT2D eigenvalue weighted by Crippen LogP contribution is 2.27. The lowest BCUT2D eigenvalue weighted by atomic mass is 10.2. The summed E-state index contributed by atoms with van der Waals surface area (Å²) in [4.78, 5) is 14.8. The van der Waals surface area contributed by atoms with Gasteiger partial charge < -0.3 is 18.9 Å². The molecule has 0 aliphatic carbocycles. The van der Waals surface area contributed by atoms with Crippen LogP contribution in [0.4, 0.5) is 10.3 Å². The van der Waals surface area contributed by atoms with Gasteiger partial charge in [0.25, 0.3) is 5.91 Å². The van der Waals surface area contributed by atoms with E-state index in [2.05, 4.69) is 20.4 Å². The van der Waals surface area contributed by atoms with E-state index in [1.165, 1.54) is 11.3 Å². The number of amides is 1. The molecule has 9 nitrogen and oxygen atoms in total. The van der Waals surface area contributed by atoms with Crippen molar-refractivity contribution in [2.24, 2.45) is 0 Å². The SMILES string of the molecule is COc1ccccc1OCCn1cccc1/C=C(/C#N)C(=O)Nc1nnc(N2CCCC2)s1. The maximum atomic E-state index is 12.7. The summed E-state index contributed by atoms with van der Waals surface area (Å²) in [5.74, 6) is 0.810. The number of rotatable bonds is 9. The standard InChI is InChI=1S/C23H24N6O3S/c1-31-19-8-2-3-9-20(19)32-14-13-28-12-6-7-18(28)15-17(16-24)21(30)25-22-26-27-23(33-22)29-10-4-5-11-29/h2-3,6-9,12,15H,4-5,10-11,13-14H2,1H3,(H,25,26,30)/b17-15-. The summed E-state index contributed by atoms with van der Waals surface area (Å²) in [5, 5.41) is 21.6. The first kappa shape index (κ1) is 22.4. The van der Waals surface area contributed by atoms with Gasteiger partial charge in [0.05, 0.1) is 13.7 Å². The number of benzene rings is 1. The van der Waals surface area contributed by atoms with Crippen LogP contribution in [0.1, 0.15) is 18.5 Å². The number of anilines is 2. The molecule has 0 unspecified atom stereocenters. The van der Waals surface area contributed by atoms with Crippen molar-refractivity contribution in [3.05, 3.63) is 53.9 Å². The number of para-hydroxylation sites is 2. The average Bonchev–Trinajstić information content (AvgIpc) is 3.60. The molecule has 3 heterocycles. The van der Waals surface area contributed by atoms with Crippen molar-refractivity contribution in [3.63, 3.8) is 0 Å². The number of ether oxygens (including phenoxy) is 2. The number of aromatic nitrogens is 3. The molecule has 1 amide bonds. The zero-order chi connectivity index (χ0) is 23.0. The summed E-state index contributed by atoms with van der Waals surface area (Å²) in [6.07, 6.45) is 5.69. The molecule has 1 N–H and O–H groups in total. The molecular weight excluding hydrogens is 440 g/mol. The average molecular weight is 465 g/mol. The van der Waals surface area contributed by atoms with Gasteiger partial charge in [-0.1, -0.05) is 23.5 Å². The summed E-state index contributed by atoms with van der Waals surface area (Å²) in [6, 6.07) is 13.1. The number of hydrogen-bond donors (Lipinski definition) is 1. The van der Waals surface area contributed by atoms with Gasteiger partial charge >= 0.3 is 0 Å². The zero-order valence-electron chi connectivity index (χ0n) is 18.2. The Morgan fingerprint density at radius 1 is 1.21 bits per heavy atom. The molecule has 4 rings (SSSR count). The first-order valence-corrected chi connectivity index (χ1v) is 11.4. The monoisotopic (exact) mass is 464 g/mol. The van der Waals surface area contributed by atoms with Crippen LogP contribution >= 0.6 is 11.3 Å². The van der Waals surface area contributed by atoms with Crippen LogP contribution in [0.2, 0.25) is 0 Å². The highest BCUT2D eigenvalue weighted by atomic mass is 32.1. The van der Waals surface area contributed by atoms with E-state index in [0.29, 0.717) is 29.8 Å². The second-order valence-electron chi connectivity index (χ2n) is 7.33. The molecule has 1 aliphatic heterocycles. The van der Waals surface area contributed by atoms with Crippen LogP contribution < -0.4 is 19.7 Å². The van der Waals surface area contributed by atoms with E-state index < -0.39 is 5.91 Å². The molecule has 0 radical (unpaired) electrons. The minimum Gasteiger partial charge on any atom is -0.493 e. The Labute approximate surface area is 195 Å². The van der Waals surface area contributed by atoms with Crippen LogP contribution in [0.15, 0.2) is 48.2 Å². The smallest absolute Gasteiger partial charge is 0.268 e. The predicted octanol–water partition coefficient (Wildman–Crippen LogP) is 3.57. The molecule has 3 aromatic rings. The van der Waals surface area contributed by atoms with E-state index in [1.54, 1.807) is 13.2 Å². The van der Waals surface area contributed by atoms with Crippen molar-refractivity contribution >= 4 is 33.6 Å². The molecule has 0 atom stereocenters. The maximum Gasteiger partial charge on any atom is 0.268 e. The van der Waals surface area contributed by atoms with Gasteiger partial charge in [-0.15, -0.1) is 10.2 Å². The molecule has 2 aromatic heterocycles. The van der Waals surface area contributed by atoms with Crippen molar-refractivity contribution in [2.45, 2.75) is 19.4 Å². The van der Waals surface area contributed by atoms with Gasteiger partial charge in [-0.2, -0.15) is 5.26 Å². The normalized spacial score (nSPS) is 13.6. The van der Waals surface area contributed by atoms with Gasteiger partial charge in [-0.25, -0.2) is 0 Å². The Kier molecular flexibility index (Phi) is 7.22. The van der Waals surface area contributed by atoms with Crippen LogP contribution in [0.3, 0.4) is 0 Å². The fourth-order valence-corrected chi connectivity index (χ4v) is 4.31. The van der Waals surface area contributed by atoms with Crippen LogP contribution in [0, 0.1) is 11.3 Å². The van der Waals surface area contributed by atoms with Crippen molar-refractivity contribution in [1.82, 2.24) is 14.8 Å². The Bertz CT molecular complexity index is 1170. The van der Waals surface area contributed by atoms with Gasteiger partial charge in [0.1, 0.15) is 18.2 Å². The van der Waals surface area contributed by atoms with E-state index in [4.69, 9.17) is 9.47 Å². The Morgan fingerprint density at radius 3 is 2.76 bits per heavy atom. The summed E-state index contributed by atoms with van der Waals surface area (Å²) in [6.45, 7) is 2.83. The van der Waals surface area contributed by atoms with Gasteiger partial charge in [0.15, 0.2) is 11.5 Å². The highest BCUT2D eigenvalue weighted by Gasteiger charge is 2.19. The summed E-state index contributed by atoms with van der Waals surface area (Å²) >= 11 is 1.31. The Morgan fingerprint density at radius 2 is 2.00 bits per heavy atom. The van der Waals surface area contributed by atoms with E-state index in [0.717, 1.165) is 36.8 Å². The second kappa shape index (κ2) is 10.7. The van der Waals surface area contributed by atoms with E-state index in [9.17, 15) is 10.1 Å². The molecule has 33 heavy (non-hydrogen) atoms. The minimum atomic E-state index is -0.514. The third-order valence-electron chi connectivity index (χ3n) is 5.19. The van der Waals surface area contributed by atoms with Crippen molar-refractivity contribution in [1.29, 1.82) is 5.26 Å². The summed E-state index contributed by atoms with van der Waals surface area (Å²) < 4.78 is 13.0.